The van der Waals surface area contributed by atoms with Crippen LogP contribution in [0.25, 0.3) is 0 Å². The zero-order valence-corrected chi connectivity index (χ0v) is 8.84. The van der Waals surface area contributed by atoms with Crippen molar-refractivity contribution < 1.29 is 4.79 Å². The highest BCUT2D eigenvalue weighted by molar-refractivity contribution is 5.83. The number of hydrogen-bond acceptors (Lipinski definition) is 2. The molecule has 0 spiro atoms. The molecule has 76 valence electrons. The summed E-state index contributed by atoms with van der Waals surface area (Å²) in [5.41, 5.74) is 4.89. The molecule has 1 aliphatic rings. The van der Waals surface area contributed by atoms with Gasteiger partial charge in [0.1, 0.15) is 0 Å². The van der Waals surface area contributed by atoms with Gasteiger partial charge in [-0.2, -0.15) is 0 Å². The van der Waals surface area contributed by atoms with Crippen molar-refractivity contribution in [1.82, 2.24) is 4.90 Å². The van der Waals surface area contributed by atoms with Crippen LogP contribution in [0.3, 0.4) is 0 Å². The van der Waals surface area contributed by atoms with Gasteiger partial charge >= 0.3 is 0 Å². The van der Waals surface area contributed by atoms with Crippen molar-refractivity contribution in [2.75, 3.05) is 13.1 Å². The fourth-order valence-electron chi connectivity index (χ4n) is 1.85. The van der Waals surface area contributed by atoms with Crippen LogP contribution in [0.5, 0.6) is 0 Å². The zero-order valence-electron chi connectivity index (χ0n) is 8.84. The third-order valence-corrected chi connectivity index (χ3v) is 3.05. The molecule has 1 rings (SSSR count). The minimum atomic E-state index is -0.477. The van der Waals surface area contributed by atoms with Crippen LogP contribution in [0.2, 0.25) is 0 Å². The van der Waals surface area contributed by atoms with Gasteiger partial charge in [-0.3, -0.25) is 9.69 Å². The molecule has 0 radical (unpaired) electrons. The molecule has 1 heterocycles. The Morgan fingerprint density at radius 2 is 2.15 bits per heavy atom. The summed E-state index contributed by atoms with van der Waals surface area (Å²) in [5, 5.41) is 0. The van der Waals surface area contributed by atoms with Gasteiger partial charge in [-0.25, -0.2) is 0 Å². The third kappa shape index (κ3) is 2.21. The Labute approximate surface area is 80.3 Å². The van der Waals surface area contributed by atoms with Gasteiger partial charge in [0.15, 0.2) is 0 Å². The van der Waals surface area contributed by atoms with Crippen molar-refractivity contribution in [3.63, 3.8) is 0 Å². The monoisotopic (exact) mass is 184 g/mol. The number of piperidine rings is 1. The van der Waals surface area contributed by atoms with E-state index in [9.17, 15) is 4.79 Å². The Morgan fingerprint density at radius 3 is 2.62 bits per heavy atom. The maximum atomic E-state index is 11.2. The molecule has 1 aliphatic heterocycles. The third-order valence-electron chi connectivity index (χ3n) is 3.05. The first kappa shape index (κ1) is 10.5. The Kier molecular flexibility index (Phi) is 2.96. The smallest absolute Gasteiger partial charge is 0.237 e. The van der Waals surface area contributed by atoms with Crippen LogP contribution in [0, 0.1) is 5.92 Å². The molecule has 0 aromatic rings. The molecular weight excluding hydrogens is 164 g/mol. The van der Waals surface area contributed by atoms with E-state index in [4.69, 9.17) is 5.73 Å². The van der Waals surface area contributed by atoms with Crippen molar-refractivity contribution in [1.29, 1.82) is 0 Å². The molecule has 2 N–H and O–H groups in total. The Balaban J connectivity index is 2.64. The molecule has 0 aromatic carbocycles. The van der Waals surface area contributed by atoms with Gasteiger partial charge < -0.3 is 5.73 Å². The van der Waals surface area contributed by atoms with E-state index >= 15 is 0 Å². The molecule has 1 saturated heterocycles. The second-order valence-corrected chi connectivity index (χ2v) is 4.62. The summed E-state index contributed by atoms with van der Waals surface area (Å²) < 4.78 is 0. The predicted molar refractivity (Wildman–Crippen MR) is 53.2 cm³/mol. The Hall–Kier alpha value is -0.570. The normalized spacial score (nSPS) is 25.9. The largest absolute Gasteiger partial charge is 0.368 e. The number of primary amides is 1. The highest BCUT2D eigenvalue weighted by Crippen LogP contribution is 2.23. The zero-order chi connectivity index (χ0) is 10.1. The highest BCUT2D eigenvalue weighted by Gasteiger charge is 2.34. The summed E-state index contributed by atoms with van der Waals surface area (Å²) in [7, 11) is 0. The number of likely N-dealkylation sites (tertiary alicyclic amines) is 1. The lowest BCUT2D eigenvalue weighted by atomic mass is 9.93. The first-order chi connectivity index (χ1) is 5.94. The number of nitrogens with zero attached hydrogens (tertiary/aromatic N) is 1. The molecule has 1 fully saturated rings. The lowest BCUT2D eigenvalue weighted by molar-refractivity contribution is -0.129. The first-order valence-electron chi connectivity index (χ1n) is 4.99. The van der Waals surface area contributed by atoms with Crippen LogP contribution in [0.15, 0.2) is 0 Å². The van der Waals surface area contributed by atoms with Crippen molar-refractivity contribution in [2.45, 2.75) is 39.2 Å². The van der Waals surface area contributed by atoms with E-state index in [1.165, 1.54) is 12.8 Å². The van der Waals surface area contributed by atoms with Crippen LogP contribution in [0.4, 0.5) is 0 Å². The second kappa shape index (κ2) is 3.66. The van der Waals surface area contributed by atoms with E-state index in [2.05, 4.69) is 11.8 Å². The summed E-state index contributed by atoms with van der Waals surface area (Å²) in [6, 6.07) is 0. The van der Waals surface area contributed by atoms with Crippen LogP contribution in [-0.2, 0) is 4.79 Å². The molecule has 13 heavy (non-hydrogen) atoms. The number of nitrogens with two attached hydrogens (primary N) is 1. The predicted octanol–water partition coefficient (Wildman–Crippen LogP) is 0.982. The SMILES string of the molecule is CC1CCCN(C(C)(C)C(N)=O)C1. The molecular formula is C10H20N2O. The van der Waals surface area contributed by atoms with Gasteiger partial charge in [0.25, 0.3) is 0 Å². The molecule has 3 heteroatoms. The average molecular weight is 184 g/mol. The summed E-state index contributed by atoms with van der Waals surface area (Å²) in [6.07, 6.45) is 2.45. The lowest BCUT2D eigenvalue weighted by Crippen LogP contribution is -2.56. The molecule has 1 amide bonds. The fraction of sp³-hybridized carbons (Fsp3) is 0.900. The standard InChI is InChI=1S/C10H20N2O/c1-8-5-4-6-12(7-8)10(2,3)9(11)13/h8H,4-7H2,1-3H3,(H2,11,13). The lowest BCUT2D eigenvalue weighted by Gasteiger charge is -2.40. The van der Waals surface area contributed by atoms with Gasteiger partial charge in [-0.15, -0.1) is 0 Å². The molecule has 3 nitrogen and oxygen atoms in total. The van der Waals surface area contributed by atoms with Crippen LogP contribution in [-0.4, -0.2) is 29.4 Å². The maximum Gasteiger partial charge on any atom is 0.237 e. The molecule has 0 aliphatic carbocycles. The number of rotatable bonds is 2. The molecule has 0 bridgehead atoms. The summed E-state index contributed by atoms with van der Waals surface area (Å²) in [4.78, 5) is 13.4. The molecule has 0 saturated carbocycles. The molecule has 0 aromatic heterocycles. The van der Waals surface area contributed by atoms with Crippen molar-refractivity contribution in [3.8, 4) is 0 Å². The second-order valence-electron chi connectivity index (χ2n) is 4.62. The molecule has 1 unspecified atom stereocenters. The van der Waals surface area contributed by atoms with Gasteiger partial charge in [-0.05, 0) is 39.2 Å². The average Bonchev–Trinajstić information content (AvgIpc) is 2.04. The minimum Gasteiger partial charge on any atom is -0.368 e. The summed E-state index contributed by atoms with van der Waals surface area (Å²) in [6.45, 7) is 8.04. The van der Waals surface area contributed by atoms with Crippen molar-refractivity contribution in [2.24, 2.45) is 11.7 Å². The maximum absolute atomic E-state index is 11.2. The summed E-state index contributed by atoms with van der Waals surface area (Å²) in [5.74, 6) is 0.467. The summed E-state index contributed by atoms with van der Waals surface area (Å²) >= 11 is 0. The topological polar surface area (TPSA) is 46.3 Å². The number of hydrogen-bond donors (Lipinski definition) is 1. The van der Waals surface area contributed by atoms with Crippen LogP contribution >= 0.6 is 0 Å². The first-order valence-corrected chi connectivity index (χ1v) is 4.99. The number of amides is 1. The minimum absolute atomic E-state index is 0.221. The van der Waals surface area contributed by atoms with Crippen molar-refractivity contribution >= 4 is 5.91 Å². The molecule has 1 atom stereocenters. The van der Waals surface area contributed by atoms with Crippen LogP contribution in [0.1, 0.15) is 33.6 Å². The van der Waals surface area contributed by atoms with Crippen molar-refractivity contribution in [3.05, 3.63) is 0 Å². The quantitative estimate of drug-likeness (QED) is 0.695. The number of carbonyl (C=O) groups excluding carboxylic acids is 1. The van der Waals surface area contributed by atoms with Gasteiger partial charge in [0, 0.05) is 6.54 Å². The Bertz CT molecular complexity index is 201. The fourth-order valence-corrected chi connectivity index (χ4v) is 1.85. The van der Waals surface area contributed by atoms with E-state index in [0.29, 0.717) is 5.92 Å². The van der Waals surface area contributed by atoms with E-state index in [0.717, 1.165) is 13.1 Å². The van der Waals surface area contributed by atoms with Gasteiger partial charge in [0.2, 0.25) is 5.91 Å². The van der Waals surface area contributed by atoms with E-state index in [-0.39, 0.29) is 5.91 Å². The number of carbonyl (C=O) groups is 1. The highest BCUT2D eigenvalue weighted by atomic mass is 16.1. The van der Waals surface area contributed by atoms with Gasteiger partial charge in [0.05, 0.1) is 5.54 Å². The van der Waals surface area contributed by atoms with Gasteiger partial charge in [-0.1, -0.05) is 6.92 Å². The van der Waals surface area contributed by atoms with E-state index in [1.54, 1.807) is 0 Å². The van der Waals surface area contributed by atoms with Crippen LogP contribution < -0.4 is 5.73 Å². The Morgan fingerprint density at radius 1 is 1.54 bits per heavy atom. The van der Waals surface area contributed by atoms with E-state index in [1.807, 2.05) is 13.8 Å². The van der Waals surface area contributed by atoms with E-state index < -0.39 is 5.54 Å².